The number of ether oxygens (including phenoxy) is 2. The predicted octanol–water partition coefficient (Wildman–Crippen LogP) is 6.57. The topological polar surface area (TPSA) is 80.9 Å². The number of aromatic nitrogens is 1. The van der Waals surface area contributed by atoms with Gasteiger partial charge in [0.05, 0.1) is 24.6 Å². The third kappa shape index (κ3) is 3.79. The Hall–Kier alpha value is -3.55. The first-order valence-corrected chi connectivity index (χ1v) is 11.9. The molecule has 0 spiro atoms. The molecule has 0 amide bonds. The Kier molecular flexibility index (Phi) is 6.14. The normalized spacial score (nSPS) is 14.6. The Bertz CT molecular complexity index is 1470. The van der Waals surface area contributed by atoms with E-state index in [9.17, 15) is 19.4 Å². The third-order valence-corrected chi connectivity index (χ3v) is 7.30. The average Bonchev–Trinajstić information content (AvgIpc) is 3.16. The first-order valence-electron chi connectivity index (χ1n) is 11.5. The lowest BCUT2D eigenvalue weighted by molar-refractivity contribution is 0.0693. The van der Waals surface area contributed by atoms with Crippen molar-refractivity contribution in [2.24, 2.45) is 0 Å². The molecule has 0 aliphatic heterocycles. The van der Waals surface area contributed by atoms with Gasteiger partial charge in [0.1, 0.15) is 22.9 Å². The molecule has 1 aliphatic rings. The minimum Gasteiger partial charge on any atom is -0.507 e. The fourth-order valence-electron chi connectivity index (χ4n) is 5.36. The number of aromatic carboxylic acids is 1. The molecule has 1 saturated carbocycles. The van der Waals surface area contributed by atoms with Gasteiger partial charge in [-0.3, -0.25) is 0 Å². The Balaban J connectivity index is 1.94. The number of phenolic OH excluding ortho intramolecular Hbond substituents is 1. The van der Waals surface area contributed by atoms with E-state index in [1.165, 1.54) is 19.2 Å². The Morgan fingerprint density at radius 3 is 2.42 bits per heavy atom. The molecule has 1 aromatic heterocycles. The molecule has 1 fully saturated rings. The second-order valence-electron chi connectivity index (χ2n) is 9.14. The largest absolute Gasteiger partial charge is 0.507 e. The Labute approximate surface area is 212 Å². The van der Waals surface area contributed by atoms with Crippen molar-refractivity contribution in [3.63, 3.8) is 0 Å². The number of rotatable bonds is 7. The molecule has 0 radical (unpaired) electrons. The molecule has 1 aliphatic carbocycles. The van der Waals surface area contributed by atoms with Crippen LogP contribution in [-0.4, -0.2) is 41.6 Å². The number of carboxylic acid groups (broad SMARTS) is 1. The first-order chi connectivity index (χ1) is 17.3. The highest BCUT2D eigenvalue weighted by Gasteiger charge is 2.44. The molecule has 36 heavy (non-hydrogen) atoms. The van der Waals surface area contributed by atoms with Gasteiger partial charge >= 0.3 is 5.97 Å². The van der Waals surface area contributed by atoms with Crippen LogP contribution >= 0.6 is 11.6 Å². The van der Waals surface area contributed by atoms with Crippen molar-refractivity contribution < 1.29 is 28.9 Å². The quantitative estimate of drug-likeness (QED) is 0.294. The fraction of sp³-hybridized carbons (Fsp3) is 0.250. The number of benzene rings is 3. The second kappa shape index (κ2) is 9.15. The molecule has 2 N–H and O–H groups in total. The Morgan fingerprint density at radius 1 is 1.11 bits per heavy atom. The number of hydrogen-bond donors (Lipinski definition) is 2. The number of phenols is 1. The lowest BCUT2D eigenvalue weighted by atomic mass is 9.65. The van der Waals surface area contributed by atoms with E-state index in [0.29, 0.717) is 33.7 Å². The number of methoxy groups -OCH3 is 2. The summed E-state index contributed by atoms with van der Waals surface area (Å²) in [5, 5.41) is 21.7. The van der Waals surface area contributed by atoms with Crippen molar-refractivity contribution in [3.05, 3.63) is 76.7 Å². The van der Waals surface area contributed by atoms with Crippen molar-refractivity contribution in [1.82, 2.24) is 4.57 Å². The zero-order valence-electron chi connectivity index (χ0n) is 19.8. The van der Waals surface area contributed by atoms with Gasteiger partial charge in [0.2, 0.25) is 0 Å². The number of fused-ring (bicyclic) bond motifs is 1. The zero-order chi connectivity index (χ0) is 25.6. The smallest absolute Gasteiger partial charge is 0.339 e. The molecule has 4 aromatic rings. The van der Waals surface area contributed by atoms with Crippen LogP contribution in [0.4, 0.5) is 4.39 Å². The lowest BCUT2D eigenvalue weighted by Crippen LogP contribution is -2.40. The molecule has 0 atom stereocenters. The summed E-state index contributed by atoms with van der Waals surface area (Å²) in [6, 6.07) is 14.5. The van der Waals surface area contributed by atoms with Crippen LogP contribution in [0.15, 0.2) is 54.6 Å². The van der Waals surface area contributed by atoms with Crippen LogP contribution in [0.3, 0.4) is 0 Å². The van der Waals surface area contributed by atoms with Crippen LogP contribution in [0.5, 0.6) is 11.5 Å². The van der Waals surface area contributed by atoms with Gasteiger partial charge in [0.25, 0.3) is 0 Å². The van der Waals surface area contributed by atoms with Crippen molar-refractivity contribution in [3.8, 4) is 28.3 Å². The van der Waals surface area contributed by atoms with Crippen molar-refractivity contribution >= 4 is 28.5 Å². The molecule has 3 aromatic carbocycles. The molecule has 5 rings (SSSR count). The molecule has 186 valence electrons. The van der Waals surface area contributed by atoms with Crippen molar-refractivity contribution in [2.75, 3.05) is 20.8 Å². The van der Waals surface area contributed by atoms with E-state index >= 15 is 0 Å². The van der Waals surface area contributed by atoms with Gasteiger partial charge < -0.3 is 24.3 Å². The third-order valence-electron chi connectivity index (χ3n) is 7.05. The zero-order valence-corrected chi connectivity index (χ0v) is 20.6. The average molecular weight is 510 g/mol. The number of carboxylic acids is 1. The van der Waals surface area contributed by atoms with Gasteiger partial charge in [0, 0.05) is 40.6 Å². The van der Waals surface area contributed by atoms with Gasteiger partial charge in [-0.05, 0) is 60.9 Å². The monoisotopic (exact) mass is 509 g/mol. The van der Waals surface area contributed by atoms with E-state index in [2.05, 4.69) is 0 Å². The minimum absolute atomic E-state index is 0.0229. The van der Waals surface area contributed by atoms with Gasteiger partial charge in [-0.1, -0.05) is 24.1 Å². The van der Waals surface area contributed by atoms with Crippen molar-refractivity contribution in [2.45, 2.75) is 24.7 Å². The molecule has 0 unspecified atom stereocenters. The maximum atomic E-state index is 14.7. The summed E-state index contributed by atoms with van der Waals surface area (Å²) in [4.78, 5) is 11.7. The highest BCUT2D eigenvalue weighted by molar-refractivity contribution is 6.30. The van der Waals surface area contributed by atoms with E-state index in [-0.39, 0.29) is 17.1 Å². The maximum absolute atomic E-state index is 14.7. The predicted molar refractivity (Wildman–Crippen MR) is 136 cm³/mol. The van der Waals surface area contributed by atoms with Crippen molar-refractivity contribution in [1.29, 1.82) is 0 Å². The summed E-state index contributed by atoms with van der Waals surface area (Å²) >= 11 is 6.17. The highest BCUT2D eigenvalue weighted by atomic mass is 35.5. The summed E-state index contributed by atoms with van der Waals surface area (Å²) in [5.74, 6) is -1.70. The maximum Gasteiger partial charge on any atom is 0.339 e. The van der Waals surface area contributed by atoms with Crippen LogP contribution < -0.4 is 4.74 Å². The first kappa shape index (κ1) is 24.2. The summed E-state index contributed by atoms with van der Waals surface area (Å²) in [7, 11) is 3.06. The number of aromatic hydroxyl groups is 1. The summed E-state index contributed by atoms with van der Waals surface area (Å²) < 4.78 is 27.7. The summed E-state index contributed by atoms with van der Waals surface area (Å²) in [6.07, 6.45) is 2.67. The lowest BCUT2D eigenvalue weighted by Gasteiger charge is -2.43. The summed E-state index contributed by atoms with van der Waals surface area (Å²) in [5.41, 5.74) is 3.06. The molecule has 0 saturated heterocycles. The van der Waals surface area contributed by atoms with Crippen LogP contribution in [0, 0.1) is 5.82 Å². The molecule has 6 nitrogen and oxygen atoms in total. The van der Waals surface area contributed by atoms with E-state index in [4.69, 9.17) is 21.1 Å². The standard InChI is InChI=1S/C28H25ClFNO5/c1-35-15-28(10-3-11-28)26-24(16-4-9-20(27(33)34)23(12-16)36-2)25-21(13-18(30)14-22(25)32)31(26)19-7-5-17(29)6-8-19/h4-9,12-14,32H,3,10-11,15H2,1-2H3,(H,33,34). The second-order valence-corrected chi connectivity index (χ2v) is 9.58. The van der Waals surface area contributed by atoms with Gasteiger partial charge in [0.15, 0.2) is 0 Å². The number of halogens is 2. The van der Waals surface area contributed by atoms with E-state index in [1.54, 1.807) is 31.4 Å². The molecular formula is C28H25ClFNO5. The molecule has 8 heteroatoms. The van der Waals surface area contributed by atoms with Gasteiger partial charge in [-0.2, -0.15) is 0 Å². The van der Waals surface area contributed by atoms with Crippen LogP contribution in [0.25, 0.3) is 27.7 Å². The highest BCUT2D eigenvalue weighted by Crippen LogP contribution is 2.53. The van der Waals surface area contributed by atoms with E-state index in [1.807, 2.05) is 16.7 Å². The molecule has 1 heterocycles. The fourth-order valence-corrected chi connectivity index (χ4v) is 5.48. The SMILES string of the molecule is COCC1(c2c(-c3ccc(C(=O)O)c(OC)c3)c3c(O)cc(F)cc3n2-c2ccc(Cl)cc2)CCC1. The number of hydrogen-bond acceptors (Lipinski definition) is 4. The summed E-state index contributed by atoms with van der Waals surface area (Å²) in [6.45, 7) is 0.428. The number of nitrogens with zero attached hydrogens (tertiary/aromatic N) is 1. The van der Waals surface area contributed by atoms with Gasteiger partial charge in [-0.15, -0.1) is 0 Å². The Morgan fingerprint density at radius 2 is 1.83 bits per heavy atom. The van der Waals surface area contributed by atoms with E-state index in [0.717, 1.165) is 36.7 Å². The number of carbonyl (C=O) groups is 1. The molecular weight excluding hydrogens is 485 g/mol. The van der Waals surface area contributed by atoms with Crippen LogP contribution in [0.2, 0.25) is 5.02 Å². The van der Waals surface area contributed by atoms with Crippen LogP contribution in [0.1, 0.15) is 35.3 Å². The minimum atomic E-state index is -1.11. The van der Waals surface area contributed by atoms with E-state index < -0.39 is 17.2 Å². The molecule has 0 bridgehead atoms. The van der Waals surface area contributed by atoms with Crippen LogP contribution in [-0.2, 0) is 10.2 Å². The van der Waals surface area contributed by atoms with Gasteiger partial charge in [-0.25, -0.2) is 9.18 Å².